The molecule has 0 saturated carbocycles. The number of aromatic hydroxyl groups is 1. The molecule has 130 valence electrons. The lowest BCUT2D eigenvalue weighted by Crippen LogP contribution is -2.30. The van der Waals surface area contributed by atoms with Crippen molar-refractivity contribution in [3.05, 3.63) is 28.8 Å². The topological polar surface area (TPSA) is 26.7 Å². The maximum absolute atomic E-state index is 9.57. The Bertz CT molecular complexity index is 472. The smallest absolute Gasteiger partial charge is 0.134 e. The Morgan fingerprint density at radius 3 is 2.61 bits per heavy atom. The molecule has 1 N–H and O–H groups in total. The van der Waals surface area contributed by atoms with E-state index in [0.29, 0.717) is 5.02 Å². The van der Waals surface area contributed by atoms with Crippen LogP contribution >= 0.6 is 11.6 Å². The molecule has 1 fully saturated rings. The van der Waals surface area contributed by atoms with Crippen molar-refractivity contribution in [2.45, 2.75) is 46.1 Å². The largest absolute Gasteiger partial charge is 0.506 e. The quantitative estimate of drug-likeness (QED) is 0.723. The fourth-order valence-corrected chi connectivity index (χ4v) is 3.34. The zero-order valence-electron chi connectivity index (χ0n) is 14.6. The van der Waals surface area contributed by atoms with Gasteiger partial charge < -0.3 is 10.0 Å². The van der Waals surface area contributed by atoms with E-state index >= 15 is 0 Å². The number of nitrogens with zero attached hydrogens (tertiary/aromatic N) is 2. The van der Waals surface area contributed by atoms with E-state index in [1.165, 1.54) is 50.9 Å². The molecule has 23 heavy (non-hydrogen) atoms. The molecule has 1 aromatic rings. The van der Waals surface area contributed by atoms with Gasteiger partial charge in [0.2, 0.25) is 0 Å². The van der Waals surface area contributed by atoms with Crippen LogP contribution in [0.2, 0.25) is 5.02 Å². The van der Waals surface area contributed by atoms with Gasteiger partial charge in [-0.3, -0.25) is 4.90 Å². The normalized spacial score (nSPS) is 15.9. The second kappa shape index (κ2) is 9.51. The SMILES string of the molecule is CC(C)CCN(CCCN1CCCC1)Cc1ccc(O)c(Cl)c1. The van der Waals surface area contributed by atoms with E-state index in [1.807, 2.05) is 12.1 Å². The predicted octanol–water partition coefficient (Wildman–Crippen LogP) is 4.38. The highest BCUT2D eigenvalue weighted by molar-refractivity contribution is 6.32. The molecule has 0 aliphatic carbocycles. The summed E-state index contributed by atoms with van der Waals surface area (Å²) in [4.78, 5) is 5.11. The van der Waals surface area contributed by atoms with Gasteiger partial charge in [0.15, 0.2) is 0 Å². The van der Waals surface area contributed by atoms with Gasteiger partial charge in [-0.05, 0) is 82.0 Å². The van der Waals surface area contributed by atoms with Crippen molar-refractivity contribution in [3.63, 3.8) is 0 Å². The number of halogens is 1. The third-order valence-electron chi connectivity index (χ3n) is 4.59. The third kappa shape index (κ3) is 6.70. The molecule has 1 saturated heterocycles. The van der Waals surface area contributed by atoms with Crippen molar-refractivity contribution in [3.8, 4) is 5.75 Å². The Balaban J connectivity index is 1.85. The van der Waals surface area contributed by atoms with Crippen LogP contribution in [-0.4, -0.2) is 47.6 Å². The first-order chi connectivity index (χ1) is 11.0. The second-order valence-electron chi connectivity index (χ2n) is 7.15. The molecular formula is C19H31ClN2O. The summed E-state index contributed by atoms with van der Waals surface area (Å²) >= 11 is 6.04. The molecule has 1 heterocycles. The molecule has 0 bridgehead atoms. The lowest BCUT2D eigenvalue weighted by atomic mass is 10.1. The summed E-state index contributed by atoms with van der Waals surface area (Å²) in [6, 6.07) is 5.56. The van der Waals surface area contributed by atoms with Crippen LogP contribution < -0.4 is 0 Å². The van der Waals surface area contributed by atoms with Gasteiger partial charge in [-0.1, -0.05) is 31.5 Å². The Morgan fingerprint density at radius 1 is 1.22 bits per heavy atom. The molecule has 0 unspecified atom stereocenters. The van der Waals surface area contributed by atoms with Crippen molar-refractivity contribution in [1.29, 1.82) is 0 Å². The van der Waals surface area contributed by atoms with Gasteiger partial charge in [-0.15, -0.1) is 0 Å². The summed E-state index contributed by atoms with van der Waals surface area (Å²) < 4.78 is 0. The Morgan fingerprint density at radius 2 is 1.96 bits per heavy atom. The molecule has 0 radical (unpaired) electrons. The van der Waals surface area contributed by atoms with Crippen molar-refractivity contribution in [1.82, 2.24) is 9.80 Å². The molecule has 0 amide bonds. The number of likely N-dealkylation sites (tertiary alicyclic amines) is 1. The third-order valence-corrected chi connectivity index (χ3v) is 4.89. The van der Waals surface area contributed by atoms with Crippen LogP contribution in [0.3, 0.4) is 0 Å². The van der Waals surface area contributed by atoms with E-state index in [2.05, 4.69) is 23.6 Å². The molecule has 0 aromatic heterocycles. The van der Waals surface area contributed by atoms with Crippen LogP contribution in [0.15, 0.2) is 18.2 Å². The second-order valence-corrected chi connectivity index (χ2v) is 7.55. The summed E-state index contributed by atoms with van der Waals surface area (Å²) in [6.07, 6.45) is 5.17. The van der Waals surface area contributed by atoms with Gasteiger partial charge in [0.25, 0.3) is 0 Å². The summed E-state index contributed by atoms with van der Waals surface area (Å²) in [5.74, 6) is 0.887. The molecular weight excluding hydrogens is 308 g/mol. The molecule has 4 heteroatoms. The molecule has 3 nitrogen and oxygen atoms in total. The molecule has 1 aromatic carbocycles. The molecule has 0 atom stereocenters. The Kier molecular flexibility index (Phi) is 7.68. The van der Waals surface area contributed by atoms with Gasteiger partial charge >= 0.3 is 0 Å². The summed E-state index contributed by atoms with van der Waals surface area (Å²) in [5.41, 5.74) is 1.18. The zero-order chi connectivity index (χ0) is 16.7. The van der Waals surface area contributed by atoms with Crippen LogP contribution in [-0.2, 0) is 6.54 Å². The minimum absolute atomic E-state index is 0.165. The average molecular weight is 339 g/mol. The summed E-state index contributed by atoms with van der Waals surface area (Å²) in [5, 5.41) is 10.0. The lowest BCUT2D eigenvalue weighted by Gasteiger charge is -2.25. The van der Waals surface area contributed by atoms with Gasteiger partial charge in [-0.25, -0.2) is 0 Å². The van der Waals surface area contributed by atoms with Crippen LogP contribution in [0, 0.1) is 5.92 Å². The van der Waals surface area contributed by atoms with Crippen molar-refractivity contribution >= 4 is 11.6 Å². The standard InChI is InChI=1S/C19H31ClN2O/c1-16(2)8-13-22(12-5-11-21-9-3-4-10-21)15-17-6-7-19(23)18(20)14-17/h6-7,14,16,23H,3-5,8-13,15H2,1-2H3. The van der Waals surface area contributed by atoms with Gasteiger partial charge in [0.05, 0.1) is 5.02 Å². The predicted molar refractivity (Wildman–Crippen MR) is 98.1 cm³/mol. The van der Waals surface area contributed by atoms with Crippen molar-refractivity contribution in [2.24, 2.45) is 5.92 Å². The number of phenols is 1. The maximum Gasteiger partial charge on any atom is 0.134 e. The molecule has 1 aliphatic heterocycles. The number of hydrogen-bond donors (Lipinski definition) is 1. The van der Waals surface area contributed by atoms with E-state index < -0.39 is 0 Å². The van der Waals surface area contributed by atoms with Gasteiger partial charge in [-0.2, -0.15) is 0 Å². The van der Waals surface area contributed by atoms with Crippen LogP contribution in [0.25, 0.3) is 0 Å². The van der Waals surface area contributed by atoms with E-state index in [0.717, 1.165) is 25.6 Å². The van der Waals surface area contributed by atoms with E-state index in [1.54, 1.807) is 6.07 Å². The van der Waals surface area contributed by atoms with Crippen LogP contribution in [0.5, 0.6) is 5.75 Å². The highest BCUT2D eigenvalue weighted by Gasteiger charge is 2.13. The number of hydrogen-bond acceptors (Lipinski definition) is 3. The molecule has 0 spiro atoms. The Hall–Kier alpha value is -0.770. The fraction of sp³-hybridized carbons (Fsp3) is 0.684. The minimum atomic E-state index is 0.165. The van der Waals surface area contributed by atoms with E-state index in [4.69, 9.17) is 11.6 Å². The lowest BCUT2D eigenvalue weighted by molar-refractivity contribution is 0.227. The van der Waals surface area contributed by atoms with Crippen molar-refractivity contribution < 1.29 is 5.11 Å². The monoisotopic (exact) mass is 338 g/mol. The van der Waals surface area contributed by atoms with Gasteiger partial charge in [0.1, 0.15) is 5.75 Å². The molecule has 2 rings (SSSR count). The summed E-state index contributed by atoms with van der Waals surface area (Å²) in [7, 11) is 0. The first kappa shape index (κ1) is 18.6. The van der Waals surface area contributed by atoms with E-state index in [-0.39, 0.29) is 5.75 Å². The van der Waals surface area contributed by atoms with Crippen LogP contribution in [0.1, 0.15) is 45.1 Å². The number of rotatable bonds is 9. The average Bonchev–Trinajstić information content (AvgIpc) is 3.01. The van der Waals surface area contributed by atoms with Gasteiger partial charge in [0, 0.05) is 6.54 Å². The highest BCUT2D eigenvalue weighted by Crippen LogP contribution is 2.24. The number of phenolic OH excluding ortho intramolecular Hbond substituents is 1. The number of benzene rings is 1. The van der Waals surface area contributed by atoms with Crippen LogP contribution in [0.4, 0.5) is 0 Å². The summed E-state index contributed by atoms with van der Waals surface area (Å²) in [6.45, 7) is 11.5. The van der Waals surface area contributed by atoms with E-state index in [9.17, 15) is 5.11 Å². The minimum Gasteiger partial charge on any atom is -0.506 e. The fourth-order valence-electron chi connectivity index (χ4n) is 3.14. The first-order valence-corrected chi connectivity index (χ1v) is 9.34. The zero-order valence-corrected chi connectivity index (χ0v) is 15.4. The highest BCUT2D eigenvalue weighted by atomic mass is 35.5. The van der Waals surface area contributed by atoms with Crippen molar-refractivity contribution in [2.75, 3.05) is 32.7 Å². The Labute approximate surface area is 146 Å². The maximum atomic E-state index is 9.57. The first-order valence-electron chi connectivity index (χ1n) is 8.96. The molecule has 1 aliphatic rings.